The van der Waals surface area contributed by atoms with Gasteiger partial charge in [-0.1, -0.05) is 48.0 Å². The molecule has 0 unspecified atom stereocenters. The molecule has 0 aliphatic rings. The molecule has 0 atom stereocenters. The molecule has 1 amide bonds. The molecule has 2 heterocycles. The largest absolute Gasteiger partial charge is 0.329 e. The number of aromatic amines is 1. The Hall–Kier alpha value is -3.18. The summed E-state index contributed by atoms with van der Waals surface area (Å²) in [6, 6.07) is 21.3. The van der Waals surface area contributed by atoms with Gasteiger partial charge in [0.25, 0.3) is 11.5 Å². The Kier molecular flexibility index (Phi) is 5.08. The minimum atomic E-state index is -0.159. The Morgan fingerprint density at radius 3 is 2.57 bits per heavy atom. The molecule has 0 saturated heterocycles. The van der Waals surface area contributed by atoms with Crippen LogP contribution in [0.25, 0.3) is 10.9 Å². The number of aryl methyl sites for hydroxylation is 1. The number of hydrogen-bond donors (Lipinski definition) is 1. The molecule has 0 bridgehead atoms. The van der Waals surface area contributed by atoms with Gasteiger partial charge in [0.1, 0.15) is 0 Å². The van der Waals surface area contributed by atoms with Crippen LogP contribution < -0.4 is 5.56 Å². The molecule has 4 rings (SSSR count). The highest BCUT2D eigenvalue weighted by Crippen LogP contribution is 2.18. The van der Waals surface area contributed by atoms with Crippen LogP contribution in [-0.2, 0) is 13.1 Å². The molecule has 28 heavy (non-hydrogen) atoms. The van der Waals surface area contributed by atoms with Gasteiger partial charge in [0, 0.05) is 17.6 Å². The number of thiophene rings is 1. The highest BCUT2D eigenvalue weighted by Gasteiger charge is 2.19. The Labute approximate surface area is 167 Å². The molecule has 140 valence electrons. The first-order valence-electron chi connectivity index (χ1n) is 9.09. The second-order valence-corrected chi connectivity index (χ2v) is 7.79. The van der Waals surface area contributed by atoms with Crippen LogP contribution in [0, 0.1) is 6.92 Å². The van der Waals surface area contributed by atoms with Crippen LogP contribution in [0.5, 0.6) is 0 Å². The minimum Gasteiger partial charge on any atom is -0.329 e. The molecule has 0 aliphatic heterocycles. The Balaban J connectivity index is 1.70. The first-order valence-corrected chi connectivity index (χ1v) is 9.97. The molecule has 0 spiro atoms. The van der Waals surface area contributed by atoms with Crippen molar-refractivity contribution >= 4 is 28.1 Å². The van der Waals surface area contributed by atoms with E-state index in [0.717, 1.165) is 22.0 Å². The standard InChI is InChI=1S/C23H20N2O2S/c1-16-9-10-20-18(12-16)13-19(22(26)24-20)15-25(14-17-6-3-2-4-7-17)23(27)21-8-5-11-28-21/h2-13H,14-15H2,1H3,(H,24,26). The molecule has 5 heteroatoms. The summed E-state index contributed by atoms with van der Waals surface area (Å²) in [6.07, 6.45) is 0. The Morgan fingerprint density at radius 1 is 1.00 bits per heavy atom. The van der Waals surface area contributed by atoms with Gasteiger partial charge in [-0.25, -0.2) is 0 Å². The highest BCUT2D eigenvalue weighted by atomic mass is 32.1. The molecule has 2 aromatic carbocycles. The molecule has 4 nitrogen and oxygen atoms in total. The number of amides is 1. The Bertz CT molecular complexity index is 1160. The lowest BCUT2D eigenvalue weighted by atomic mass is 10.1. The highest BCUT2D eigenvalue weighted by molar-refractivity contribution is 7.12. The summed E-state index contributed by atoms with van der Waals surface area (Å²) in [5.41, 5.74) is 3.38. The first-order chi connectivity index (χ1) is 13.6. The number of H-pyrrole nitrogens is 1. The van der Waals surface area contributed by atoms with E-state index >= 15 is 0 Å². The fraction of sp³-hybridized carbons (Fsp3) is 0.130. The zero-order valence-electron chi connectivity index (χ0n) is 15.5. The zero-order valence-corrected chi connectivity index (χ0v) is 16.3. The number of nitrogens with zero attached hydrogens (tertiary/aromatic N) is 1. The van der Waals surface area contributed by atoms with E-state index in [1.54, 1.807) is 4.90 Å². The van der Waals surface area contributed by atoms with Crippen LogP contribution in [0.15, 0.2) is 76.9 Å². The van der Waals surface area contributed by atoms with Gasteiger partial charge < -0.3 is 9.88 Å². The molecule has 0 saturated carbocycles. The quantitative estimate of drug-likeness (QED) is 0.537. The van der Waals surface area contributed by atoms with Gasteiger partial charge in [-0.15, -0.1) is 11.3 Å². The Morgan fingerprint density at radius 2 is 1.82 bits per heavy atom. The van der Waals surface area contributed by atoms with Crippen molar-refractivity contribution in [3.8, 4) is 0 Å². The predicted octanol–water partition coefficient (Wildman–Crippen LogP) is 4.74. The number of carbonyl (C=O) groups is 1. The summed E-state index contributed by atoms with van der Waals surface area (Å²) in [5.74, 6) is -0.0670. The van der Waals surface area contributed by atoms with Crippen molar-refractivity contribution in [3.05, 3.63) is 104 Å². The number of fused-ring (bicyclic) bond motifs is 1. The number of rotatable bonds is 5. The van der Waals surface area contributed by atoms with Crippen LogP contribution in [0.2, 0.25) is 0 Å². The molecule has 0 aliphatic carbocycles. The van der Waals surface area contributed by atoms with Gasteiger partial charge in [-0.3, -0.25) is 9.59 Å². The summed E-state index contributed by atoms with van der Waals surface area (Å²) in [5, 5.41) is 2.86. The van der Waals surface area contributed by atoms with Crippen molar-refractivity contribution in [2.24, 2.45) is 0 Å². The molecule has 0 radical (unpaired) electrons. The van der Waals surface area contributed by atoms with E-state index < -0.39 is 0 Å². The van der Waals surface area contributed by atoms with Crippen LogP contribution in [0.3, 0.4) is 0 Å². The molecule has 2 aromatic heterocycles. The lowest BCUT2D eigenvalue weighted by Gasteiger charge is -2.22. The number of hydrogen-bond acceptors (Lipinski definition) is 3. The van der Waals surface area contributed by atoms with Gasteiger partial charge >= 0.3 is 0 Å². The van der Waals surface area contributed by atoms with Gasteiger partial charge in [0.15, 0.2) is 0 Å². The number of aromatic nitrogens is 1. The maximum Gasteiger partial charge on any atom is 0.264 e. The van der Waals surface area contributed by atoms with Gasteiger partial charge in [-0.2, -0.15) is 0 Å². The van der Waals surface area contributed by atoms with Gasteiger partial charge in [-0.05, 0) is 47.5 Å². The van der Waals surface area contributed by atoms with Crippen LogP contribution in [-0.4, -0.2) is 15.8 Å². The fourth-order valence-corrected chi connectivity index (χ4v) is 3.94. The lowest BCUT2D eigenvalue weighted by Crippen LogP contribution is -2.32. The van der Waals surface area contributed by atoms with E-state index in [2.05, 4.69) is 4.98 Å². The fourth-order valence-electron chi connectivity index (χ4n) is 3.25. The zero-order chi connectivity index (χ0) is 19.5. The molecule has 1 N–H and O–H groups in total. The average molecular weight is 388 g/mol. The first kappa shape index (κ1) is 18.2. The lowest BCUT2D eigenvalue weighted by molar-refractivity contribution is 0.0734. The maximum atomic E-state index is 13.1. The second kappa shape index (κ2) is 7.82. The van der Waals surface area contributed by atoms with Crippen LogP contribution in [0.1, 0.15) is 26.4 Å². The summed E-state index contributed by atoms with van der Waals surface area (Å²) >= 11 is 1.41. The van der Waals surface area contributed by atoms with E-state index in [1.165, 1.54) is 11.3 Å². The number of carbonyl (C=O) groups excluding carboxylic acids is 1. The normalized spacial score (nSPS) is 10.9. The SMILES string of the molecule is Cc1ccc2[nH]c(=O)c(CN(Cc3ccccc3)C(=O)c3cccs3)cc2c1. The smallest absolute Gasteiger partial charge is 0.264 e. The summed E-state index contributed by atoms with van der Waals surface area (Å²) in [7, 11) is 0. The van der Waals surface area contributed by atoms with E-state index in [9.17, 15) is 9.59 Å². The third-order valence-electron chi connectivity index (χ3n) is 4.67. The van der Waals surface area contributed by atoms with E-state index in [4.69, 9.17) is 0 Å². The van der Waals surface area contributed by atoms with Crippen molar-refractivity contribution in [3.63, 3.8) is 0 Å². The van der Waals surface area contributed by atoms with Crippen LogP contribution >= 0.6 is 11.3 Å². The minimum absolute atomic E-state index is 0.0670. The van der Waals surface area contributed by atoms with Crippen molar-refractivity contribution < 1.29 is 4.79 Å². The topological polar surface area (TPSA) is 53.2 Å². The summed E-state index contributed by atoms with van der Waals surface area (Å²) in [4.78, 5) is 31.0. The average Bonchev–Trinajstić information content (AvgIpc) is 3.23. The van der Waals surface area contributed by atoms with Crippen LogP contribution in [0.4, 0.5) is 0 Å². The number of pyridine rings is 1. The predicted molar refractivity (Wildman–Crippen MR) is 114 cm³/mol. The second-order valence-electron chi connectivity index (χ2n) is 6.84. The molecular formula is C23H20N2O2S. The van der Waals surface area contributed by atoms with E-state index in [-0.39, 0.29) is 18.0 Å². The summed E-state index contributed by atoms with van der Waals surface area (Å²) < 4.78 is 0. The molecule has 4 aromatic rings. The van der Waals surface area contributed by atoms with Crippen molar-refractivity contribution in [2.45, 2.75) is 20.0 Å². The van der Waals surface area contributed by atoms with Crippen molar-refractivity contribution in [1.82, 2.24) is 9.88 Å². The maximum absolute atomic E-state index is 13.1. The molecular weight excluding hydrogens is 368 g/mol. The number of nitrogens with one attached hydrogen (secondary N) is 1. The van der Waals surface area contributed by atoms with Crippen molar-refractivity contribution in [2.75, 3.05) is 0 Å². The van der Waals surface area contributed by atoms with Gasteiger partial charge in [0.2, 0.25) is 0 Å². The van der Waals surface area contributed by atoms with E-state index in [0.29, 0.717) is 17.0 Å². The monoisotopic (exact) mass is 388 g/mol. The van der Waals surface area contributed by atoms with Gasteiger partial charge in [0.05, 0.1) is 11.4 Å². The molecule has 0 fully saturated rings. The third-order valence-corrected chi connectivity index (χ3v) is 5.53. The van der Waals surface area contributed by atoms with E-state index in [1.807, 2.05) is 79.0 Å². The summed E-state index contributed by atoms with van der Waals surface area (Å²) in [6.45, 7) is 2.72. The number of benzene rings is 2. The third kappa shape index (κ3) is 3.89. The van der Waals surface area contributed by atoms with Crippen molar-refractivity contribution in [1.29, 1.82) is 0 Å².